The van der Waals surface area contributed by atoms with E-state index in [1.54, 1.807) is 0 Å². The Morgan fingerprint density at radius 1 is 1.32 bits per heavy atom. The summed E-state index contributed by atoms with van der Waals surface area (Å²) in [6, 6.07) is 6.41. The van der Waals surface area contributed by atoms with Crippen LogP contribution in [0.25, 0.3) is 0 Å². The van der Waals surface area contributed by atoms with Crippen LogP contribution in [-0.4, -0.2) is 40.4 Å². The summed E-state index contributed by atoms with van der Waals surface area (Å²) in [5, 5.41) is 4.74. The quantitative estimate of drug-likeness (QED) is 0.597. The Balaban J connectivity index is 1.63. The van der Waals surface area contributed by atoms with Gasteiger partial charge < -0.3 is 10.2 Å². The van der Waals surface area contributed by atoms with Crippen molar-refractivity contribution in [1.82, 2.24) is 4.90 Å². The summed E-state index contributed by atoms with van der Waals surface area (Å²) < 4.78 is 0. The van der Waals surface area contributed by atoms with Crippen molar-refractivity contribution in [1.29, 1.82) is 0 Å². The zero-order valence-electron chi connectivity index (χ0n) is 17.0. The van der Waals surface area contributed by atoms with E-state index in [2.05, 4.69) is 17.1 Å². The number of carbonyl (C=O) groups is 1. The van der Waals surface area contributed by atoms with Crippen LogP contribution in [0.15, 0.2) is 23.2 Å². The van der Waals surface area contributed by atoms with Crippen LogP contribution in [0, 0.1) is 6.92 Å². The van der Waals surface area contributed by atoms with E-state index < -0.39 is 0 Å². The Hall–Kier alpha value is -1.20. The Bertz CT molecular complexity index is 703. The molecule has 1 heterocycles. The lowest BCUT2D eigenvalue weighted by Crippen LogP contribution is -2.38. The Morgan fingerprint density at radius 2 is 2.11 bits per heavy atom. The van der Waals surface area contributed by atoms with Crippen molar-refractivity contribution in [3.63, 3.8) is 0 Å². The number of nitrogens with one attached hydrogen (secondary N) is 1. The number of amidine groups is 1. The van der Waals surface area contributed by atoms with Crippen molar-refractivity contribution in [2.24, 2.45) is 4.99 Å². The largest absolute Gasteiger partial charge is 0.347 e. The van der Waals surface area contributed by atoms with Gasteiger partial charge in [0.05, 0.1) is 16.8 Å². The molecule has 1 unspecified atom stereocenters. The molecule has 1 aromatic carbocycles. The highest BCUT2D eigenvalue weighted by atomic mass is 35.5. The highest BCUT2D eigenvalue weighted by Crippen LogP contribution is 2.30. The maximum absolute atomic E-state index is 12.7. The molecular formula is C22H32ClN3OS. The normalized spacial score (nSPS) is 22.0. The van der Waals surface area contributed by atoms with Crippen LogP contribution in [-0.2, 0) is 4.79 Å². The Kier molecular flexibility index (Phi) is 8.10. The minimum absolute atomic E-state index is 0.0248. The number of unbranched alkanes of at least 4 members (excludes halogenated alkanes) is 1. The number of halogens is 1. The number of hydrogen-bond donors (Lipinski definition) is 1. The van der Waals surface area contributed by atoms with Gasteiger partial charge in [-0.3, -0.25) is 9.79 Å². The highest BCUT2D eigenvalue weighted by Gasteiger charge is 2.32. The minimum Gasteiger partial charge on any atom is -0.347 e. The first kappa shape index (κ1) is 21.5. The van der Waals surface area contributed by atoms with Crippen LogP contribution in [0.2, 0.25) is 5.02 Å². The zero-order valence-corrected chi connectivity index (χ0v) is 18.6. The van der Waals surface area contributed by atoms with Crippen LogP contribution >= 0.6 is 23.4 Å². The van der Waals surface area contributed by atoms with Crippen molar-refractivity contribution in [3.05, 3.63) is 28.8 Å². The zero-order chi connectivity index (χ0) is 19.9. The third-order valence-electron chi connectivity index (χ3n) is 5.53. The van der Waals surface area contributed by atoms with Crippen molar-refractivity contribution in [3.8, 4) is 0 Å². The maximum atomic E-state index is 12.7. The number of anilines is 1. The molecule has 0 aromatic heterocycles. The molecule has 2 fully saturated rings. The van der Waals surface area contributed by atoms with Gasteiger partial charge in [-0.2, -0.15) is 0 Å². The van der Waals surface area contributed by atoms with Gasteiger partial charge in [0.25, 0.3) is 0 Å². The average molecular weight is 422 g/mol. The van der Waals surface area contributed by atoms with Crippen LogP contribution in [0.3, 0.4) is 0 Å². The van der Waals surface area contributed by atoms with Gasteiger partial charge in [-0.1, -0.05) is 62.0 Å². The summed E-state index contributed by atoms with van der Waals surface area (Å²) in [4.78, 5) is 20.2. The lowest BCUT2D eigenvalue weighted by Gasteiger charge is -2.27. The van der Waals surface area contributed by atoms with Gasteiger partial charge in [-0.15, -0.1) is 0 Å². The molecule has 0 spiro atoms. The van der Waals surface area contributed by atoms with Crippen LogP contribution < -0.4 is 5.32 Å². The number of rotatable bonds is 7. The van der Waals surface area contributed by atoms with E-state index in [9.17, 15) is 4.79 Å². The first-order valence-corrected chi connectivity index (χ1v) is 12.0. The van der Waals surface area contributed by atoms with E-state index in [1.807, 2.05) is 36.9 Å². The van der Waals surface area contributed by atoms with E-state index in [-0.39, 0.29) is 11.9 Å². The van der Waals surface area contributed by atoms with E-state index in [0.717, 1.165) is 35.9 Å². The molecule has 2 aliphatic rings. The third kappa shape index (κ3) is 5.90. The molecule has 6 heteroatoms. The van der Waals surface area contributed by atoms with Gasteiger partial charge in [0, 0.05) is 24.8 Å². The van der Waals surface area contributed by atoms with E-state index in [4.69, 9.17) is 16.6 Å². The van der Waals surface area contributed by atoms with Gasteiger partial charge in [0.1, 0.15) is 0 Å². The summed E-state index contributed by atoms with van der Waals surface area (Å²) in [5.74, 6) is 0.960. The van der Waals surface area contributed by atoms with Crippen molar-refractivity contribution in [2.75, 3.05) is 17.6 Å². The second kappa shape index (κ2) is 10.5. The van der Waals surface area contributed by atoms with Gasteiger partial charge in [-0.05, 0) is 43.9 Å². The molecule has 0 radical (unpaired) electrons. The summed E-state index contributed by atoms with van der Waals surface area (Å²) >= 11 is 8.10. The number of benzene rings is 1. The number of amides is 1. The second-order valence-corrected chi connectivity index (χ2v) is 9.35. The molecular weight excluding hydrogens is 390 g/mol. The van der Waals surface area contributed by atoms with Crippen molar-refractivity contribution < 1.29 is 4.79 Å². The van der Waals surface area contributed by atoms with Crippen LogP contribution in [0.4, 0.5) is 5.69 Å². The van der Waals surface area contributed by atoms with Crippen molar-refractivity contribution in [2.45, 2.75) is 77.3 Å². The number of aliphatic imine (C=N–C) groups is 1. The summed E-state index contributed by atoms with van der Waals surface area (Å²) in [6.07, 6.45) is 9.12. The van der Waals surface area contributed by atoms with Gasteiger partial charge >= 0.3 is 0 Å². The molecule has 1 atom stereocenters. The number of hydrogen-bond acceptors (Lipinski definition) is 3. The summed E-state index contributed by atoms with van der Waals surface area (Å²) in [5.41, 5.74) is 1.78. The lowest BCUT2D eigenvalue weighted by atomic mass is 9.96. The minimum atomic E-state index is 0.0248. The summed E-state index contributed by atoms with van der Waals surface area (Å²) in [7, 11) is 0. The predicted molar refractivity (Wildman–Crippen MR) is 122 cm³/mol. The Labute approximate surface area is 178 Å². The second-order valence-electron chi connectivity index (χ2n) is 7.95. The monoisotopic (exact) mass is 421 g/mol. The molecule has 154 valence electrons. The standard InChI is InChI=1S/C22H32ClN3OS/c1-3-4-12-26-18(15-28-22(26)24-17-8-6-5-7-9-17)14-21(27)25-20-11-10-16(2)13-19(20)23/h10-11,13,17-18H,3-9,12,14-15H2,1-2H3,(H,25,27). The maximum Gasteiger partial charge on any atom is 0.226 e. The number of carbonyl (C=O) groups excluding carboxylic acids is 1. The van der Waals surface area contributed by atoms with E-state index in [0.29, 0.717) is 23.2 Å². The predicted octanol–water partition coefficient (Wildman–Crippen LogP) is 5.88. The SMILES string of the molecule is CCCCN1C(=NC2CCCCC2)SCC1CC(=O)Nc1ccc(C)cc1Cl. The van der Waals surface area contributed by atoms with Crippen molar-refractivity contribution >= 4 is 40.1 Å². The van der Waals surface area contributed by atoms with Crippen LogP contribution in [0.5, 0.6) is 0 Å². The van der Waals surface area contributed by atoms with E-state index >= 15 is 0 Å². The fraction of sp³-hybridized carbons (Fsp3) is 0.636. The first-order valence-electron chi connectivity index (χ1n) is 10.6. The third-order valence-corrected chi connectivity index (χ3v) is 6.99. The van der Waals surface area contributed by atoms with Gasteiger partial charge in [0.15, 0.2) is 5.17 Å². The van der Waals surface area contributed by atoms with Crippen LogP contribution in [0.1, 0.15) is 63.9 Å². The molecule has 28 heavy (non-hydrogen) atoms. The smallest absolute Gasteiger partial charge is 0.226 e. The number of thioether (sulfide) groups is 1. The molecule has 1 aromatic rings. The average Bonchev–Trinajstić information content (AvgIpc) is 3.04. The molecule has 1 aliphatic carbocycles. The Morgan fingerprint density at radius 3 is 2.82 bits per heavy atom. The first-order chi connectivity index (χ1) is 13.6. The molecule has 1 saturated heterocycles. The van der Waals surface area contributed by atoms with E-state index in [1.165, 1.54) is 32.1 Å². The highest BCUT2D eigenvalue weighted by molar-refractivity contribution is 8.14. The number of nitrogens with zero attached hydrogens (tertiary/aromatic N) is 2. The molecule has 1 saturated carbocycles. The molecule has 1 N–H and O–H groups in total. The molecule has 3 rings (SSSR count). The molecule has 1 aliphatic heterocycles. The molecule has 4 nitrogen and oxygen atoms in total. The number of aryl methyl sites for hydroxylation is 1. The van der Waals surface area contributed by atoms with Gasteiger partial charge in [0.2, 0.25) is 5.91 Å². The molecule has 1 amide bonds. The molecule has 0 bridgehead atoms. The fourth-order valence-corrected chi connectivity index (χ4v) is 5.44. The summed E-state index contributed by atoms with van der Waals surface area (Å²) in [6.45, 7) is 5.19. The topological polar surface area (TPSA) is 44.7 Å². The van der Waals surface area contributed by atoms with Gasteiger partial charge in [-0.25, -0.2) is 0 Å². The lowest BCUT2D eigenvalue weighted by molar-refractivity contribution is -0.116. The fourth-order valence-electron chi connectivity index (χ4n) is 3.89.